The molecule has 0 radical (unpaired) electrons. The Kier molecular flexibility index (Phi) is 4.98. The van der Waals surface area contributed by atoms with Crippen LogP contribution in [0.25, 0.3) is 11.1 Å². The zero-order valence-corrected chi connectivity index (χ0v) is 15.4. The predicted molar refractivity (Wildman–Crippen MR) is 101 cm³/mol. The highest BCUT2D eigenvalue weighted by Gasteiger charge is 2.18. The van der Waals surface area contributed by atoms with E-state index in [1.807, 2.05) is 23.6 Å². The van der Waals surface area contributed by atoms with Gasteiger partial charge in [-0.3, -0.25) is 4.79 Å². The molecule has 0 atom stereocenters. The third-order valence-electron chi connectivity index (χ3n) is 4.41. The molecule has 0 aliphatic carbocycles. The molecule has 1 amide bonds. The van der Waals surface area contributed by atoms with Crippen LogP contribution >= 0.6 is 0 Å². The number of nitrogens with zero attached hydrogens (tertiary/aromatic N) is 1. The normalized spacial score (nSPS) is 11.4. The maximum Gasteiger partial charge on any atom is 0.268 e. The van der Waals surface area contributed by atoms with Gasteiger partial charge in [0.25, 0.3) is 5.91 Å². The van der Waals surface area contributed by atoms with Crippen molar-refractivity contribution in [3.8, 4) is 0 Å². The molecule has 0 saturated heterocycles. The van der Waals surface area contributed by atoms with Crippen LogP contribution in [0.1, 0.15) is 47.6 Å². The number of aryl methyl sites for hydroxylation is 2. The molecule has 4 heteroatoms. The molecule has 4 nitrogen and oxygen atoms in total. The van der Waals surface area contributed by atoms with Gasteiger partial charge in [-0.1, -0.05) is 43.7 Å². The molecule has 3 aromatic rings. The summed E-state index contributed by atoms with van der Waals surface area (Å²) in [7, 11) is 0. The van der Waals surface area contributed by atoms with Crippen LogP contribution in [0.2, 0.25) is 0 Å². The molecule has 0 aliphatic heterocycles. The molecule has 3 rings (SSSR count). The molecule has 1 aromatic carbocycles. The highest BCUT2D eigenvalue weighted by molar-refractivity contribution is 5.97. The lowest BCUT2D eigenvalue weighted by Crippen LogP contribution is -2.27. The summed E-state index contributed by atoms with van der Waals surface area (Å²) in [5.74, 6) is 1.38. The second-order valence-corrected chi connectivity index (χ2v) is 7.15. The summed E-state index contributed by atoms with van der Waals surface area (Å²) in [5, 5.41) is 3.03. The lowest BCUT2D eigenvalue weighted by Gasteiger charge is -2.12. The van der Waals surface area contributed by atoms with E-state index in [1.165, 1.54) is 5.56 Å². The van der Waals surface area contributed by atoms with Gasteiger partial charge in [0.2, 0.25) is 0 Å². The van der Waals surface area contributed by atoms with Crippen LogP contribution in [0.5, 0.6) is 0 Å². The first kappa shape index (κ1) is 17.3. The van der Waals surface area contributed by atoms with E-state index < -0.39 is 0 Å². The number of hydrogen-bond donors (Lipinski definition) is 1. The van der Waals surface area contributed by atoms with Crippen molar-refractivity contribution in [3.63, 3.8) is 0 Å². The summed E-state index contributed by atoms with van der Waals surface area (Å²) in [4.78, 5) is 12.7. The Bertz CT molecular complexity index is 869. The summed E-state index contributed by atoms with van der Waals surface area (Å²) in [5.41, 5.74) is 4.77. The summed E-state index contributed by atoms with van der Waals surface area (Å²) in [6.45, 7) is 9.65. The van der Waals surface area contributed by atoms with E-state index in [2.05, 4.69) is 50.4 Å². The van der Waals surface area contributed by atoms with E-state index in [1.54, 1.807) is 0 Å². The Morgan fingerprint density at radius 2 is 1.88 bits per heavy atom. The van der Waals surface area contributed by atoms with E-state index in [0.717, 1.165) is 28.8 Å². The topological polar surface area (TPSA) is 47.2 Å². The van der Waals surface area contributed by atoms with Crippen LogP contribution in [0.3, 0.4) is 0 Å². The molecule has 2 aromatic heterocycles. The number of hydrogen-bond acceptors (Lipinski definition) is 2. The average molecular weight is 338 g/mol. The van der Waals surface area contributed by atoms with Gasteiger partial charge in [0.05, 0.1) is 5.52 Å². The first-order valence-corrected chi connectivity index (χ1v) is 8.87. The fraction of sp³-hybridized carbons (Fsp3) is 0.381. The van der Waals surface area contributed by atoms with Crippen LogP contribution in [0.4, 0.5) is 0 Å². The number of amides is 1. The molecule has 2 heterocycles. The Hall–Kier alpha value is -2.49. The minimum absolute atomic E-state index is 0.0446. The van der Waals surface area contributed by atoms with Crippen molar-refractivity contribution < 1.29 is 9.21 Å². The smallest absolute Gasteiger partial charge is 0.268 e. The van der Waals surface area contributed by atoms with Crippen molar-refractivity contribution in [2.45, 2.75) is 40.7 Å². The maximum absolute atomic E-state index is 12.7. The SMILES string of the molecule is Cc1ccc(Cn2c(C(=O)NCCC(C)C)cc3oc(C)cc32)cc1. The molecule has 0 unspecified atom stereocenters. The zero-order valence-electron chi connectivity index (χ0n) is 15.4. The fourth-order valence-electron chi connectivity index (χ4n) is 2.96. The van der Waals surface area contributed by atoms with E-state index in [-0.39, 0.29) is 5.91 Å². The van der Waals surface area contributed by atoms with Gasteiger partial charge in [-0.2, -0.15) is 0 Å². The number of furan rings is 1. The van der Waals surface area contributed by atoms with Gasteiger partial charge >= 0.3 is 0 Å². The number of benzene rings is 1. The van der Waals surface area contributed by atoms with Crippen molar-refractivity contribution in [2.24, 2.45) is 5.92 Å². The van der Waals surface area contributed by atoms with E-state index in [0.29, 0.717) is 24.7 Å². The number of carbonyl (C=O) groups excluding carboxylic acids is 1. The number of rotatable bonds is 6. The second kappa shape index (κ2) is 7.18. The van der Waals surface area contributed by atoms with Gasteiger partial charge in [-0.25, -0.2) is 0 Å². The Balaban J connectivity index is 1.90. The van der Waals surface area contributed by atoms with Crippen LogP contribution in [-0.2, 0) is 6.54 Å². The second-order valence-electron chi connectivity index (χ2n) is 7.15. The van der Waals surface area contributed by atoms with Crippen molar-refractivity contribution in [1.82, 2.24) is 9.88 Å². The quantitative estimate of drug-likeness (QED) is 0.709. The molecular formula is C21H26N2O2. The third-order valence-corrected chi connectivity index (χ3v) is 4.41. The van der Waals surface area contributed by atoms with Gasteiger partial charge in [-0.05, 0) is 31.7 Å². The Morgan fingerprint density at radius 3 is 2.56 bits per heavy atom. The van der Waals surface area contributed by atoms with Crippen LogP contribution in [-0.4, -0.2) is 17.0 Å². The monoisotopic (exact) mass is 338 g/mol. The number of fused-ring (bicyclic) bond motifs is 1. The van der Waals surface area contributed by atoms with Crippen molar-refractivity contribution in [2.75, 3.05) is 6.54 Å². The molecule has 0 saturated carbocycles. The summed E-state index contributed by atoms with van der Waals surface area (Å²) in [6, 6.07) is 12.2. The third kappa shape index (κ3) is 3.95. The minimum atomic E-state index is -0.0446. The van der Waals surface area contributed by atoms with Crippen LogP contribution in [0.15, 0.2) is 40.8 Å². The lowest BCUT2D eigenvalue weighted by atomic mass is 10.1. The fourth-order valence-corrected chi connectivity index (χ4v) is 2.96. The van der Waals surface area contributed by atoms with Crippen molar-refractivity contribution in [1.29, 1.82) is 0 Å². The number of nitrogens with one attached hydrogen (secondary N) is 1. The minimum Gasteiger partial charge on any atom is -0.460 e. The van der Waals surface area contributed by atoms with Crippen LogP contribution in [0, 0.1) is 19.8 Å². The molecule has 0 fully saturated rings. The number of carbonyl (C=O) groups is 1. The van der Waals surface area contributed by atoms with Gasteiger partial charge < -0.3 is 14.3 Å². The van der Waals surface area contributed by atoms with Gasteiger partial charge in [0.1, 0.15) is 11.5 Å². The molecule has 132 valence electrons. The first-order chi connectivity index (χ1) is 11.9. The van der Waals surface area contributed by atoms with Gasteiger partial charge in [0, 0.05) is 25.2 Å². The molecule has 1 N–H and O–H groups in total. The molecule has 25 heavy (non-hydrogen) atoms. The first-order valence-electron chi connectivity index (χ1n) is 8.87. The predicted octanol–water partition coefficient (Wildman–Crippen LogP) is 4.68. The van der Waals surface area contributed by atoms with E-state index in [9.17, 15) is 4.79 Å². The molecular weight excluding hydrogens is 312 g/mol. The molecule has 0 aliphatic rings. The highest BCUT2D eigenvalue weighted by atomic mass is 16.3. The standard InChI is InChI=1S/C21H26N2O2/c1-14(2)9-10-22-21(24)19-12-20-18(11-16(4)25-20)23(19)13-17-7-5-15(3)6-8-17/h5-8,11-12,14H,9-10,13H2,1-4H3,(H,22,24). The van der Waals surface area contributed by atoms with Gasteiger partial charge in [-0.15, -0.1) is 0 Å². The largest absolute Gasteiger partial charge is 0.460 e. The summed E-state index contributed by atoms with van der Waals surface area (Å²) in [6.07, 6.45) is 0.972. The molecule has 0 bridgehead atoms. The molecule has 0 spiro atoms. The van der Waals surface area contributed by atoms with Crippen LogP contribution < -0.4 is 5.32 Å². The Morgan fingerprint density at radius 1 is 1.16 bits per heavy atom. The summed E-state index contributed by atoms with van der Waals surface area (Å²) < 4.78 is 7.78. The average Bonchev–Trinajstić information content (AvgIpc) is 3.06. The maximum atomic E-state index is 12.7. The lowest BCUT2D eigenvalue weighted by molar-refractivity contribution is 0.0943. The zero-order chi connectivity index (χ0) is 18.0. The van der Waals surface area contributed by atoms with Crippen molar-refractivity contribution >= 4 is 17.0 Å². The van der Waals surface area contributed by atoms with E-state index >= 15 is 0 Å². The Labute approximate surface area is 148 Å². The number of aromatic nitrogens is 1. The highest BCUT2D eigenvalue weighted by Crippen LogP contribution is 2.25. The van der Waals surface area contributed by atoms with E-state index in [4.69, 9.17) is 4.42 Å². The van der Waals surface area contributed by atoms with Gasteiger partial charge in [0.15, 0.2) is 5.58 Å². The summed E-state index contributed by atoms with van der Waals surface area (Å²) >= 11 is 0. The van der Waals surface area contributed by atoms with Crippen molar-refractivity contribution in [3.05, 3.63) is 59.0 Å².